The molecule has 7 heteroatoms. The SMILES string of the molecule is CN(CC1CCCCO1)c1cc(Cl)nc2ncnn12. The molecule has 2 aromatic heterocycles. The summed E-state index contributed by atoms with van der Waals surface area (Å²) in [6, 6.07) is 1.80. The Morgan fingerprint density at radius 2 is 2.42 bits per heavy atom. The third-order valence-electron chi connectivity index (χ3n) is 3.34. The summed E-state index contributed by atoms with van der Waals surface area (Å²) < 4.78 is 7.45. The van der Waals surface area contributed by atoms with Gasteiger partial charge in [0.1, 0.15) is 17.3 Å². The first-order valence-corrected chi connectivity index (χ1v) is 6.81. The third-order valence-corrected chi connectivity index (χ3v) is 3.54. The number of hydrogen-bond donors (Lipinski definition) is 0. The Kier molecular flexibility index (Phi) is 3.52. The number of nitrogens with zero attached hydrogens (tertiary/aromatic N) is 5. The second-order valence-corrected chi connectivity index (χ2v) is 5.17. The zero-order chi connectivity index (χ0) is 13.2. The molecule has 102 valence electrons. The van der Waals surface area contributed by atoms with E-state index in [9.17, 15) is 0 Å². The fraction of sp³-hybridized carbons (Fsp3) is 0.583. The Morgan fingerprint density at radius 1 is 1.53 bits per heavy atom. The zero-order valence-electron chi connectivity index (χ0n) is 10.8. The van der Waals surface area contributed by atoms with E-state index in [0.29, 0.717) is 10.9 Å². The summed E-state index contributed by atoms with van der Waals surface area (Å²) in [4.78, 5) is 10.3. The first-order valence-electron chi connectivity index (χ1n) is 6.43. The second kappa shape index (κ2) is 5.30. The van der Waals surface area contributed by atoms with Gasteiger partial charge in [-0.15, -0.1) is 0 Å². The number of anilines is 1. The normalized spacial score (nSPS) is 19.8. The van der Waals surface area contributed by atoms with Gasteiger partial charge in [0.05, 0.1) is 6.10 Å². The van der Waals surface area contributed by atoms with Gasteiger partial charge < -0.3 is 9.64 Å². The molecule has 0 saturated carbocycles. The number of likely N-dealkylation sites (N-methyl/N-ethyl adjacent to an activating group) is 1. The number of rotatable bonds is 3. The van der Waals surface area contributed by atoms with Crippen LogP contribution in [0.2, 0.25) is 5.15 Å². The predicted octanol–water partition coefficient (Wildman–Crippen LogP) is 1.78. The average Bonchev–Trinajstić information content (AvgIpc) is 2.86. The van der Waals surface area contributed by atoms with E-state index >= 15 is 0 Å². The maximum Gasteiger partial charge on any atom is 0.255 e. The van der Waals surface area contributed by atoms with Crippen molar-refractivity contribution in [3.05, 3.63) is 17.5 Å². The van der Waals surface area contributed by atoms with Crippen molar-refractivity contribution < 1.29 is 4.74 Å². The Bertz CT molecular complexity index is 566. The van der Waals surface area contributed by atoms with Crippen molar-refractivity contribution in [3.63, 3.8) is 0 Å². The molecule has 19 heavy (non-hydrogen) atoms. The molecule has 0 radical (unpaired) electrons. The van der Waals surface area contributed by atoms with Crippen molar-refractivity contribution in [2.24, 2.45) is 0 Å². The summed E-state index contributed by atoms with van der Waals surface area (Å²) in [5, 5.41) is 4.60. The van der Waals surface area contributed by atoms with Crippen molar-refractivity contribution in [1.29, 1.82) is 0 Å². The lowest BCUT2D eigenvalue weighted by Crippen LogP contribution is -2.34. The summed E-state index contributed by atoms with van der Waals surface area (Å²) in [6.45, 7) is 1.67. The average molecular weight is 282 g/mol. The maximum atomic E-state index is 6.02. The Hall–Kier alpha value is -1.40. The topological polar surface area (TPSA) is 55.5 Å². The predicted molar refractivity (Wildman–Crippen MR) is 72.7 cm³/mol. The van der Waals surface area contributed by atoms with Crippen molar-refractivity contribution >= 4 is 23.2 Å². The molecular formula is C12H16ClN5O. The van der Waals surface area contributed by atoms with Gasteiger partial charge >= 0.3 is 0 Å². The largest absolute Gasteiger partial charge is 0.376 e. The molecule has 1 fully saturated rings. The van der Waals surface area contributed by atoms with Crippen LogP contribution in [0.3, 0.4) is 0 Å². The molecule has 1 unspecified atom stereocenters. The van der Waals surface area contributed by atoms with E-state index in [2.05, 4.69) is 20.0 Å². The quantitative estimate of drug-likeness (QED) is 0.803. The Labute approximate surface area is 116 Å². The number of hydrogen-bond acceptors (Lipinski definition) is 5. The standard InChI is InChI=1S/C12H16ClN5O/c1-17(7-9-4-2-3-5-19-9)11-6-10(13)16-12-14-8-15-18(11)12/h6,8-9H,2-5,7H2,1H3. The molecule has 0 amide bonds. The highest BCUT2D eigenvalue weighted by molar-refractivity contribution is 6.29. The summed E-state index contributed by atoms with van der Waals surface area (Å²) in [7, 11) is 2.00. The van der Waals surface area contributed by atoms with Gasteiger partial charge in [-0.05, 0) is 19.3 Å². The van der Waals surface area contributed by atoms with Crippen molar-refractivity contribution in [2.45, 2.75) is 25.4 Å². The minimum atomic E-state index is 0.268. The first-order chi connectivity index (χ1) is 9.24. The van der Waals surface area contributed by atoms with Crippen LogP contribution in [0.15, 0.2) is 12.4 Å². The van der Waals surface area contributed by atoms with Crippen LogP contribution in [0.5, 0.6) is 0 Å². The number of halogens is 1. The summed E-state index contributed by atoms with van der Waals surface area (Å²) in [5.74, 6) is 1.39. The molecular weight excluding hydrogens is 266 g/mol. The highest BCUT2D eigenvalue weighted by Gasteiger charge is 2.18. The van der Waals surface area contributed by atoms with Gasteiger partial charge in [0.15, 0.2) is 0 Å². The third kappa shape index (κ3) is 2.64. The Balaban J connectivity index is 1.83. The van der Waals surface area contributed by atoms with E-state index in [4.69, 9.17) is 16.3 Å². The molecule has 0 aliphatic carbocycles. The van der Waals surface area contributed by atoms with Crippen LogP contribution in [0, 0.1) is 0 Å². The summed E-state index contributed by atoms with van der Waals surface area (Å²) in [6.07, 6.45) is 5.24. The van der Waals surface area contributed by atoms with Gasteiger partial charge in [-0.1, -0.05) is 11.6 Å². The monoisotopic (exact) mass is 281 g/mol. The van der Waals surface area contributed by atoms with Crippen LogP contribution >= 0.6 is 11.6 Å². The number of aromatic nitrogens is 4. The molecule has 1 atom stereocenters. The lowest BCUT2D eigenvalue weighted by molar-refractivity contribution is 0.0215. The molecule has 1 saturated heterocycles. The van der Waals surface area contributed by atoms with E-state index in [1.807, 2.05) is 7.05 Å². The number of fused-ring (bicyclic) bond motifs is 1. The molecule has 0 N–H and O–H groups in total. The maximum absolute atomic E-state index is 6.02. The molecule has 1 aliphatic rings. The minimum absolute atomic E-state index is 0.268. The summed E-state index contributed by atoms with van der Waals surface area (Å²) in [5.41, 5.74) is 0. The van der Waals surface area contributed by atoms with Gasteiger partial charge in [0.2, 0.25) is 0 Å². The van der Waals surface area contributed by atoms with Crippen LogP contribution < -0.4 is 4.90 Å². The molecule has 1 aliphatic heterocycles. The molecule has 0 spiro atoms. The molecule has 3 rings (SSSR count). The lowest BCUT2D eigenvalue weighted by atomic mass is 10.1. The Morgan fingerprint density at radius 3 is 3.21 bits per heavy atom. The van der Waals surface area contributed by atoms with E-state index in [-0.39, 0.29) is 6.10 Å². The summed E-state index contributed by atoms with van der Waals surface area (Å²) >= 11 is 6.02. The van der Waals surface area contributed by atoms with Crippen LogP contribution in [-0.2, 0) is 4.74 Å². The van der Waals surface area contributed by atoms with E-state index in [1.165, 1.54) is 12.7 Å². The molecule has 0 bridgehead atoms. The minimum Gasteiger partial charge on any atom is -0.376 e. The smallest absolute Gasteiger partial charge is 0.255 e. The van der Waals surface area contributed by atoms with E-state index in [0.717, 1.165) is 31.8 Å². The molecule has 6 nitrogen and oxygen atoms in total. The van der Waals surface area contributed by atoms with Crippen molar-refractivity contribution in [1.82, 2.24) is 19.6 Å². The fourth-order valence-electron chi connectivity index (χ4n) is 2.39. The van der Waals surface area contributed by atoms with Gasteiger partial charge in [-0.3, -0.25) is 0 Å². The zero-order valence-corrected chi connectivity index (χ0v) is 11.5. The van der Waals surface area contributed by atoms with Crippen molar-refractivity contribution in [3.8, 4) is 0 Å². The van der Waals surface area contributed by atoms with Gasteiger partial charge in [0.25, 0.3) is 5.78 Å². The van der Waals surface area contributed by atoms with Gasteiger partial charge in [0, 0.05) is 26.3 Å². The highest BCUT2D eigenvalue weighted by Crippen LogP contribution is 2.20. The molecule has 3 heterocycles. The lowest BCUT2D eigenvalue weighted by Gasteiger charge is -2.28. The second-order valence-electron chi connectivity index (χ2n) is 4.78. The van der Waals surface area contributed by atoms with Gasteiger partial charge in [-0.2, -0.15) is 19.6 Å². The highest BCUT2D eigenvalue weighted by atomic mass is 35.5. The fourth-order valence-corrected chi connectivity index (χ4v) is 2.56. The first kappa shape index (κ1) is 12.6. The van der Waals surface area contributed by atoms with E-state index < -0.39 is 0 Å². The van der Waals surface area contributed by atoms with Crippen LogP contribution in [0.25, 0.3) is 5.78 Å². The number of ether oxygens (including phenoxy) is 1. The molecule has 0 aromatic carbocycles. The van der Waals surface area contributed by atoms with Crippen LogP contribution in [0.1, 0.15) is 19.3 Å². The van der Waals surface area contributed by atoms with E-state index in [1.54, 1.807) is 10.6 Å². The molecule has 2 aromatic rings. The van der Waals surface area contributed by atoms with Gasteiger partial charge in [-0.25, -0.2) is 0 Å². The van der Waals surface area contributed by atoms with Crippen molar-refractivity contribution in [2.75, 3.05) is 25.1 Å². The van der Waals surface area contributed by atoms with Crippen LogP contribution in [0.4, 0.5) is 5.82 Å². The van der Waals surface area contributed by atoms with Crippen LogP contribution in [-0.4, -0.2) is 45.9 Å².